The third-order valence-electron chi connectivity index (χ3n) is 4.84. The fourth-order valence-electron chi connectivity index (χ4n) is 3.16. The molecule has 3 heterocycles. The molecular weight excluding hydrogens is 461 g/mol. The lowest BCUT2D eigenvalue weighted by Crippen LogP contribution is -2.16. The second kappa shape index (κ2) is 9.35. The molecule has 0 fully saturated rings. The Kier molecular flexibility index (Phi) is 5.95. The molecular formula is C22H18FN7O3S. The van der Waals surface area contributed by atoms with Crippen LogP contribution in [-0.2, 0) is 12.4 Å². The monoisotopic (exact) mass is 479 g/mol. The molecule has 0 aliphatic heterocycles. The maximum atomic E-state index is 13.7. The van der Waals surface area contributed by atoms with Gasteiger partial charge in [0.25, 0.3) is 5.89 Å². The highest BCUT2D eigenvalue weighted by Gasteiger charge is 2.22. The summed E-state index contributed by atoms with van der Waals surface area (Å²) in [5, 5.41) is 20.9. The fourth-order valence-corrected chi connectivity index (χ4v) is 3.88. The number of hydrogen-bond acceptors (Lipinski definition) is 10. The highest BCUT2D eigenvalue weighted by molar-refractivity contribution is 7.98. The van der Waals surface area contributed by atoms with E-state index in [9.17, 15) is 4.39 Å². The number of benzene rings is 2. The van der Waals surface area contributed by atoms with Crippen LogP contribution in [0.1, 0.15) is 17.5 Å². The molecule has 0 aliphatic rings. The van der Waals surface area contributed by atoms with Crippen molar-refractivity contribution in [2.45, 2.75) is 24.4 Å². The van der Waals surface area contributed by atoms with Crippen LogP contribution >= 0.6 is 11.8 Å². The molecule has 0 aliphatic carbocycles. The van der Waals surface area contributed by atoms with Crippen LogP contribution in [0.15, 0.2) is 68.7 Å². The fraction of sp³-hybridized carbons (Fsp3) is 0.136. The van der Waals surface area contributed by atoms with Gasteiger partial charge in [0.2, 0.25) is 11.0 Å². The standard InChI is InChI=1S/C22H18FN7O3S/c1-13-19(20(29-33-13)14-7-3-2-4-8-14)21-27-26-18(32-21)12-34-22-28-25-17(30(22)24)11-31-16-10-6-5-9-15(16)23/h2-10H,11-12,24H2,1H3. The van der Waals surface area contributed by atoms with Gasteiger partial charge in [-0.1, -0.05) is 59.4 Å². The molecule has 5 rings (SSSR count). The number of aromatic nitrogens is 6. The molecule has 2 aromatic carbocycles. The van der Waals surface area contributed by atoms with E-state index in [-0.39, 0.29) is 12.4 Å². The van der Waals surface area contributed by atoms with Gasteiger partial charge in [0.15, 0.2) is 17.4 Å². The number of thioether (sulfide) groups is 1. The van der Waals surface area contributed by atoms with E-state index in [1.54, 1.807) is 19.1 Å². The SMILES string of the molecule is Cc1onc(-c2ccccc2)c1-c1nnc(CSc2nnc(COc3ccccc3F)n2N)o1. The number of rotatable bonds is 8. The molecule has 12 heteroatoms. The number of nitrogens with two attached hydrogens (primary N) is 1. The molecule has 5 aromatic rings. The van der Waals surface area contributed by atoms with E-state index >= 15 is 0 Å². The molecule has 0 unspecified atom stereocenters. The van der Waals surface area contributed by atoms with Gasteiger partial charge >= 0.3 is 0 Å². The van der Waals surface area contributed by atoms with Crippen molar-refractivity contribution >= 4 is 11.8 Å². The zero-order valence-corrected chi connectivity index (χ0v) is 18.7. The molecule has 10 nitrogen and oxygen atoms in total. The quantitative estimate of drug-likeness (QED) is 0.257. The van der Waals surface area contributed by atoms with Crippen molar-refractivity contribution in [3.63, 3.8) is 0 Å². The molecule has 172 valence electrons. The van der Waals surface area contributed by atoms with Gasteiger partial charge in [0, 0.05) is 5.56 Å². The van der Waals surface area contributed by atoms with Crippen molar-refractivity contribution in [2.75, 3.05) is 5.84 Å². The van der Waals surface area contributed by atoms with E-state index < -0.39 is 5.82 Å². The van der Waals surface area contributed by atoms with Gasteiger partial charge in [0.05, 0.1) is 5.75 Å². The van der Waals surface area contributed by atoms with Crippen LogP contribution in [0.4, 0.5) is 4.39 Å². The average Bonchev–Trinajstić information content (AvgIpc) is 3.56. The first-order valence-corrected chi connectivity index (χ1v) is 11.1. The van der Waals surface area contributed by atoms with Gasteiger partial charge in [0.1, 0.15) is 23.6 Å². The normalized spacial score (nSPS) is 11.1. The third kappa shape index (κ3) is 4.35. The Bertz CT molecular complexity index is 1420. The first kappa shape index (κ1) is 21.6. The number of ether oxygens (including phenoxy) is 1. The molecule has 0 atom stereocenters. The summed E-state index contributed by atoms with van der Waals surface area (Å²) < 4.78 is 31.7. The van der Waals surface area contributed by atoms with Crippen molar-refractivity contribution in [1.82, 2.24) is 30.2 Å². The van der Waals surface area contributed by atoms with Crippen molar-refractivity contribution in [2.24, 2.45) is 0 Å². The summed E-state index contributed by atoms with van der Waals surface area (Å²) in [5.41, 5.74) is 2.15. The van der Waals surface area contributed by atoms with Gasteiger partial charge in [-0.2, -0.15) is 0 Å². The van der Waals surface area contributed by atoms with Crippen molar-refractivity contribution < 1.29 is 18.1 Å². The lowest BCUT2D eigenvalue weighted by Gasteiger charge is -2.06. The van der Waals surface area contributed by atoms with Gasteiger partial charge in [-0.3, -0.25) is 0 Å². The highest BCUT2D eigenvalue weighted by Crippen LogP contribution is 2.34. The van der Waals surface area contributed by atoms with Crippen molar-refractivity contribution in [3.05, 3.63) is 77.9 Å². The van der Waals surface area contributed by atoms with E-state index in [0.29, 0.717) is 45.5 Å². The first-order valence-electron chi connectivity index (χ1n) is 10.1. The maximum Gasteiger partial charge on any atom is 0.253 e. The zero-order chi connectivity index (χ0) is 23.5. The smallest absolute Gasteiger partial charge is 0.253 e. The number of hydrogen-bond donors (Lipinski definition) is 1. The molecule has 0 saturated carbocycles. The second-order valence-corrected chi connectivity index (χ2v) is 8.05. The van der Waals surface area contributed by atoms with E-state index in [2.05, 4.69) is 25.6 Å². The molecule has 34 heavy (non-hydrogen) atoms. The summed E-state index contributed by atoms with van der Waals surface area (Å²) >= 11 is 1.26. The minimum absolute atomic E-state index is 0.0370. The van der Waals surface area contributed by atoms with Gasteiger partial charge in [-0.15, -0.1) is 20.4 Å². The minimum Gasteiger partial charge on any atom is -0.482 e. The topological polar surface area (TPSA) is 131 Å². The lowest BCUT2D eigenvalue weighted by molar-refractivity contribution is 0.277. The molecule has 0 radical (unpaired) electrons. The lowest BCUT2D eigenvalue weighted by atomic mass is 10.1. The van der Waals surface area contributed by atoms with Crippen LogP contribution in [0.2, 0.25) is 0 Å². The summed E-state index contributed by atoms with van der Waals surface area (Å²) in [6.07, 6.45) is 0. The number of aryl methyl sites for hydroxylation is 1. The van der Waals surface area contributed by atoms with Crippen LogP contribution < -0.4 is 10.6 Å². The second-order valence-electron chi connectivity index (χ2n) is 7.11. The summed E-state index contributed by atoms with van der Waals surface area (Å²) in [6.45, 7) is 1.75. The van der Waals surface area contributed by atoms with Gasteiger partial charge in [-0.25, -0.2) is 9.07 Å². The Balaban J connectivity index is 1.26. The average molecular weight is 479 g/mol. The van der Waals surface area contributed by atoms with Crippen molar-refractivity contribution in [1.29, 1.82) is 0 Å². The van der Waals surface area contributed by atoms with Crippen LogP contribution in [0.25, 0.3) is 22.7 Å². The number of nitrogen functional groups attached to an aromatic ring is 1. The summed E-state index contributed by atoms with van der Waals surface area (Å²) in [5.74, 6) is 7.60. The van der Waals surface area contributed by atoms with E-state index in [0.717, 1.165) is 5.56 Å². The molecule has 0 bridgehead atoms. The Morgan fingerprint density at radius 2 is 1.82 bits per heavy atom. The van der Waals surface area contributed by atoms with E-state index in [4.69, 9.17) is 19.5 Å². The summed E-state index contributed by atoms with van der Waals surface area (Å²) in [4.78, 5) is 0. The maximum absolute atomic E-state index is 13.7. The van der Waals surface area contributed by atoms with Crippen LogP contribution in [0, 0.1) is 12.7 Å². The van der Waals surface area contributed by atoms with E-state index in [1.165, 1.54) is 28.6 Å². The number of nitrogens with zero attached hydrogens (tertiary/aromatic N) is 6. The van der Waals surface area contributed by atoms with Gasteiger partial charge in [-0.05, 0) is 19.1 Å². The Morgan fingerprint density at radius 1 is 1.03 bits per heavy atom. The molecule has 0 spiro atoms. The molecule has 3 aromatic heterocycles. The predicted molar refractivity (Wildman–Crippen MR) is 120 cm³/mol. The number of halogens is 1. The Morgan fingerprint density at radius 3 is 2.65 bits per heavy atom. The Labute approximate surface area is 196 Å². The highest BCUT2D eigenvalue weighted by atomic mass is 32.2. The van der Waals surface area contributed by atoms with Crippen LogP contribution in [0.3, 0.4) is 0 Å². The third-order valence-corrected chi connectivity index (χ3v) is 5.77. The van der Waals surface area contributed by atoms with Crippen LogP contribution in [0.5, 0.6) is 5.75 Å². The zero-order valence-electron chi connectivity index (χ0n) is 17.9. The minimum atomic E-state index is -0.467. The largest absolute Gasteiger partial charge is 0.482 e. The van der Waals surface area contributed by atoms with Gasteiger partial charge < -0.3 is 19.5 Å². The summed E-state index contributed by atoms with van der Waals surface area (Å²) in [6, 6.07) is 15.7. The van der Waals surface area contributed by atoms with Crippen LogP contribution in [-0.4, -0.2) is 30.2 Å². The molecule has 2 N–H and O–H groups in total. The van der Waals surface area contributed by atoms with E-state index in [1.807, 2.05) is 30.3 Å². The predicted octanol–water partition coefficient (Wildman–Crippen LogP) is 4.02. The molecule has 0 amide bonds. The molecule has 0 saturated heterocycles. The summed E-state index contributed by atoms with van der Waals surface area (Å²) in [7, 11) is 0. The van der Waals surface area contributed by atoms with Crippen molar-refractivity contribution in [3.8, 4) is 28.5 Å². The number of para-hydroxylation sites is 1. The first-order chi connectivity index (χ1) is 16.6. The Hall–Kier alpha value is -4.19.